The van der Waals surface area contributed by atoms with Crippen LogP contribution in [0.3, 0.4) is 0 Å². The first kappa shape index (κ1) is 44.3. The molecule has 0 spiro atoms. The molecule has 0 bridgehead atoms. The van der Waals surface area contributed by atoms with Crippen molar-refractivity contribution in [3.8, 4) is 22.9 Å². The van der Waals surface area contributed by atoms with E-state index < -0.39 is 59.3 Å². The lowest BCUT2D eigenvalue weighted by Gasteiger charge is -2.35. The summed E-state index contributed by atoms with van der Waals surface area (Å²) in [5.41, 5.74) is -0.189. The molecule has 3 amide bonds. The smallest absolute Gasteiger partial charge is 0.408 e. The fraction of sp³-hybridized carbons (Fsp3) is 0.636. The molecule has 4 aliphatic rings. The van der Waals surface area contributed by atoms with Gasteiger partial charge in [0.15, 0.2) is 11.4 Å². The number of likely N-dealkylation sites (tertiary alicyclic amines) is 1. The van der Waals surface area contributed by atoms with Crippen molar-refractivity contribution < 1.29 is 47.6 Å². The minimum Gasteiger partial charge on any atom is -0.488 e. The first-order chi connectivity index (χ1) is 29.0. The van der Waals surface area contributed by atoms with E-state index in [1.165, 1.54) is 44.0 Å². The van der Waals surface area contributed by atoms with E-state index in [4.69, 9.17) is 38.4 Å². The molecule has 3 heterocycles. The van der Waals surface area contributed by atoms with Gasteiger partial charge in [-0.2, -0.15) is 0 Å². The van der Waals surface area contributed by atoms with Crippen molar-refractivity contribution in [3.05, 3.63) is 29.6 Å². The minimum atomic E-state index is -1.18. The zero-order valence-corrected chi connectivity index (χ0v) is 37.4. The third-order valence-corrected chi connectivity index (χ3v) is 13.1. The first-order valence-electron chi connectivity index (χ1n) is 21.3. The summed E-state index contributed by atoms with van der Waals surface area (Å²) in [7, 11) is 4.37. The average molecular weight is 865 g/mol. The van der Waals surface area contributed by atoms with Crippen molar-refractivity contribution in [3.63, 3.8) is 0 Å². The van der Waals surface area contributed by atoms with Gasteiger partial charge in [-0.1, -0.05) is 34.1 Å². The maximum Gasteiger partial charge on any atom is 0.408 e. The molecule has 2 unspecified atom stereocenters. The highest BCUT2D eigenvalue weighted by atomic mass is 32.1. The summed E-state index contributed by atoms with van der Waals surface area (Å²) in [6.45, 7) is 11.8. The molecule has 3 aromatic rings. The Labute approximate surface area is 361 Å². The first-order valence-corrected chi connectivity index (χ1v) is 22.1. The van der Waals surface area contributed by atoms with Gasteiger partial charge in [-0.25, -0.2) is 19.6 Å². The molecule has 0 radical (unpaired) electrons. The number of carbonyl (C=O) groups is 4. The summed E-state index contributed by atoms with van der Waals surface area (Å²) in [5.74, 6) is 0.638. The van der Waals surface area contributed by atoms with Crippen molar-refractivity contribution >= 4 is 51.2 Å². The fourth-order valence-electron chi connectivity index (χ4n) is 8.79. The number of ether oxygens (including phenoxy) is 6. The van der Waals surface area contributed by atoms with Crippen LogP contribution >= 0.6 is 11.3 Å². The Hall–Kier alpha value is -4.74. The molecule has 7 rings (SSSR count). The number of hydrogen-bond acceptors (Lipinski definition) is 14. The molecule has 8 atom stereocenters. The summed E-state index contributed by atoms with van der Waals surface area (Å²) in [6, 6.07) is 5.36. The molecule has 3 aliphatic carbocycles. The number of amides is 3. The zero-order valence-electron chi connectivity index (χ0n) is 36.6. The van der Waals surface area contributed by atoms with Crippen LogP contribution in [0.1, 0.15) is 80.1 Å². The monoisotopic (exact) mass is 864 g/mol. The highest BCUT2D eigenvalue weighted by Gasteiger charge is 2.62. The van der Waals surface area contributed by atoms with Gasteiger partial charge in [0.1, 0.15) is 53.6 Å². The van der Waals surface area contributed by atoms with Gasteiger partial charge in [-0.3, -0.25) is 9.59 Å². The molecule has 17 heteroatoms. The van der Waals surface area contributed by atoms with E-state index in [0.717, 1.165) is 18.0 Å². The van der Waals surface area contributed by atoms with Crippen LogP contribution < -0.4 is 25.4 Å². The van der Waals surface area contributed by atoms with E-state index in [1.807, 2.05) is 59.1 Å². The Balaban J connectivity index is 1.20. The van der Waals surface area contributed by atoms with Crippen LogP contribution in [0.25, 0.3) is 22.3 Å². The van der Waals surface area contributed by atoms with E-state index in [1.54, 1.807) is 12.1 Å². The summed E-state index contributed by atoms with van der Waals surface area (Å²) in [4.78, 5) is 66.9. The molecule has 332 valence electrons. The van der Waals surface area contributed by atoms with Crippen molar-refractivity contribution in [2.75, 3.05) is 39.8 Å². The largest absolute Gasteiger partial charge is 0.488 e. The topological polar surface area (TPSA) is 189 Å². The second-order valence-corrected chi connectivity index (χ2v) is 19.0. The predicted molar refractivity (Wildman–Crippen MR) is 228 cm³/mol. The number of rotatable bonds is 17. The van der Waals surface area contributed by atoms with Crippen LogP contribution in [-0.4, -0.2) is 115 Å². The van der Waals surface area contributed by atoms with Crippen molar-refractivity contribution in [1.82, 2.24) is 25.5 Å². The third kappa shape index (κ3) is 9.83. The van der Waals surface area contributed by atoms with Crippen LogP contribution in [0.5, 0.6) is 11.5 Å². The number of alkyl carbamates (subject to hydrolysis) is 1. The number of nitrogens with zero attached hydrogens (tertiary/aromatic N) is 3. The Bertz CT molecular complexity index is 2090. The third-order valence-electron chi connectivity index (χ3n) is 12.3. The number of thiazole rings is 1. The number of methoxy groups -OCH3 is 3. The van der Waals surface area contributed by atoms with Gasteiger partial charge in [-0.15, -0.1) is 11.3 Å². The summed E-state index contributed by atoms with van der Waals surface area (Å²) in [5, 5.41) is 12.5. The molecule has 1 aromatic carbocycles. The summed E-state index contributed by atoms with van der Waals surface area (Å²) < 4.78 is 34.4. The van der Waals surface area contributed by atoms with Crippen LogP contribution in [-0.2, 0) is 33.3 Å². The molecular weight excluding hydrogens is 805 g/mol. The van der Waals surface area contributed by atoms with Gasteiger partial charge in [0, 0.05) is 49.6 Å². The van der Waals surface area contributed by atoms with E-state index in [0.29, 0.717) is 58.5 Å². The molecular formula is C44H60N6O10S. The summed E-state index contributed by atoms with van der Waals surface area (Å²) in [6.07, 6.45) is 1.96. The maximum absolute atomic E-state index is 14.8. The van der Waals surface area contributed by atoms with Gasteiger partial charge in [0.05, 0.1) is 24.9 Å². The second-order valence-electron chi connectivity index (χ2n) is 18.2. The lowest BCUT2D eigenvalue weighted by molar-refractivity contribution is -0.148. The molecule has 16 nitrogen and oxygen atoms in total. The molecule has 3 saturated carbocycles. The zero-order chi connectivity index (χ0) is 43.8. The minimum absolute atomic E-state index is 0.0174. The standard InChI is InChI=1S/C44H60N6O10S/c1-10-26-19-44(26,40(53)57-9)49-38(51)34-17-29(20-50(34)39(52)37(43(4,5)6)48-42(54)60-28-14-24-13-25(24)15-28)59-35-18-32(33-22-61-41(47-33)45-23(2)3)46-31-16-27(11-12-30(31)35)58-21-36(55-7)56-8/h11-12,16,18,22-26,28-29,34,36-37H,10,13-15,17,19-21H2,1-9H3,(H,45,47)(H,48,54)(H,49,51)/t24-,25+,26-,28?,29-,34+,37?,44-/m1/s1. The van der Waals surface area contributed by atoms with Crippen LogP contribution in [0.15, 0.2) is 29.6 Å². The van der Waals surface area contributed by atoms with E-state index in [9.17, 15) is 19.2 Å². The SMILES string of the molecule is CC[C@@H]1C[C@]1(NC(=O)[C@@H]1C[C@@H](Oc2cc(-c3csc(NC(C)C)n3)nc3cc(OCC(OC)OC)ccc23)CN1C(=O)C(NC(=O)OC1C[C@@H]2C[C@@H]2C1)C(C)(C)C)C(=O)OC. The number of aromatic nitrogens is 2. The van der Waals surface area contributed by atoms with Gasteiger partial charge in [0.2, 0.25) is 11.8 Å². The summed E-state index contributed by atoms with van der Waals surface area (Å²) >= 11 is 1.46. The predicted octanol–water partition coefficient (Wildman–Crippen LogP) is 5.92. The number of hydrogen-bond donors (Lipinski definition) is 3. The number of pyridine rings is 1. The number of benzene rings is 1. The fourth-order valence-corrected chi connectivity index (χ4v) is 9.64. The normalized spacial score (nSPS) is 25.9. The van der Waals surface area contributed by atoms with Gasteiger partial charge in [-0.05, 0) is 74.8 Å². The molecule has 2 aromatic heterocycles. The van der Waals surface area contributed by atoms with Crippen LogP contribution in [0, 0.1) is 23.2 Å². The highest BCUT2D eigenvalue weighted by molar-refractivity contribution is 7.14. The maximum atomic E-state index is 14.8. The molecule has 3 N–H and O–H groups in total. The van der Waals surface area contributed by atoms with Gasteiger partial charge < -0.3 is 49.3 Å². The van der Waals surface area contributed by atoms with Crippen molar-refractivity contribution in [1.29, 1.82) is 0 Å². The molecule has 1 saturated heterocycles. The Morgan fingerprint density at radius 3 is 2.34 bits per heavy atom. The van der Waals surface area contributed by atoms with Crippen molar-refractivity contribution in [2.24, 2.45) is 23.2 Å². The number of carbonyl (C=O) groups excluding carboxylic acids is 4. The highest BCUT2D eigenvalue weighted by Crippen LogP contribution is 2.52. The van der Waals surface area contributed by atoms with Gasteiger partial charge >= 0.3 is 12.1 Å². The quantitative estimate of drug-likeness (QED) is 0.107. The van der Waals surface area contributed by atoms with Crippen molar-refractivity contribution in [2.45, 2.75) is 122 Å². The lowest BCUT2D eigenvalue weighted by atomic mass is 9.85. The Morgan fingerprint density at radius 2 is 1.70 bits per heavy atom. The Kier molecular flexibility index (Phi) is 13.0. The number of anilines is 1. The molecule has 4 fully saturated rings. The number of nitrogens with one attached hydrogen (secondary N) is 3. The van der Waals surface area contributed by atoms with E-state index in [2.05, 4.69) is 16.0 Å². The second kappa shape index (κ2) is 17.9. The molecule has 1 aliphatic heterocycles. The van der Waals surface area contributed by atoms with Gasteiger partial charge in [0.25, 0.3) is 0 Å². The lowest BCUT2D eigenvalue weighted by Crippen LogP contribution is -2.59. The Morgan fingerprint density at radius 1 is 0.967 bits per heavy atom. The van der Waals surface area contributed by atoms with E-state index >= 15 is 0 Å². The molecule has 61 heavy (non-hydrogen) atoms. The number of esters is 1. The van der Waals surface area contributed by atoms with Crippen LogP contribution in [0.2, 0.25) is 0 Å². The van der Waals surface area contributed by atoms with E-state index in [-0.39, 0.29) is 37.6 Å². The number of fused-ring (bicyclic) bond motifs is 2. The average Bonchev–Trinajstić information content (AvgIpc) is 3.88. The van der Waals surface area contributed by atoms with Crippen LogP contribution in [0.4, 0.5) is 9.93 Å².